The fraction of sp³-hybridized carbons (Fsp3) is 0.263. The van der Waals surface area contributed by atoms with Crippen LogP contribution >= 0.6 is 0 Å². The van der Waals surface area contributed by atoms with Crippen molar-refractivity contribution >= 4 is 21.7 Å². The van der Waals surface area contributed by atoms with E-state index in [2.05, 4.69) is 4.72 Å². The molecule has 0 bridgehead atoms. The van der Waals surface area contributed by atoms with E-state index in [1.54, 1.807) is 11.0 Å². The molecule has 0 fully saturated rings. The topological polar surface area (TPSA) is 83.6 Å². The summed E-state index contributed by atoms with van der Waals surface area (Å²) in [5.74, 6) is -0.989. The quantitative estimate of drug-likeness (QED) is 0.791. The second-order valence-electron chi connectivity index (χ2n) is 6.38. The van der Waals surface area contributed by atoms with Crippen LogP contribution in [0.3, 0.4) is 0 Å². The molecule has 1 heterocycles. The number of amides is 1. The monoisotopic (exact) mass is 390 g/mol. The number of carbonyl (C=O) groups excluding carboxylic acids is 2. The van der Waals surface area contributed by atoms with Crippen LogP contribution < -0.4 is 4.72 Å². The highest BCUT2D eigenvalue weighted by molar-refractivity contribution is 7.89. The Hall–Kier alpha value is -2.58. The number of halogens is 1. The van der Waals surface area contributed by atoms with Crippen molar-refractivity contribution in [3.05, 3.63) is 65.0 Å². The Labute approximate surface area is 157 Å². The molecule has 3 rings (SSSR count). The molecule has 8 heteroatoms. The smallest absolute Gasteiger partial charge is 0.240 e. The summed E-state index contributed by atoms with van der Waals surface area (Å²) in [6.45, 7) is 2.03. The van der Waals surface area contributed by atoms with Gasteiger partial charge in [0.25, 0.3) is 0 Å². The summed E-state index contributed by atoms with van der Waals surface area (Å²) in [5, 5.41) is 0. The molecule has 0 saturated heterocycles. The number of nitrogens with zero attached hydrogens (tertiary/aromatic N) is 1. The van der Waals surface area contributed by atoms with Crippen molar-refractivity contribution < 1.29 is 22.4 Å². The van der Waals surface area contributed by atoms with Gasteiger partial charge in [-0.05, 0) is 53.9 Å². The van der Waals surface area contributed by atoms with Crippen molar-refractivity contribution in [2.24, 2.45) is 0 Å². The van der Waals surface area contributed by atoms with Crippen molar-refractivity contribution in [2.45, 2.75) is 24.8 Å². The molecule has 1 N–H and O–H groups in total. The van der Waals surface area contributed by atoms with Gasteiger partial charge in [0.05, 0.1) is 11.4 Å². The van der Waals surface area contributed by atoms with Crippen LogP contribution in [-0.2, 0) is 27.8 Å². The first-order valence-corrected chi connectivity index (χ1v) is 9.90. The molecule has 27 heavy (non-hydrogen) atoms. The number of hydrogen-bond acceptors (Lipinski definition) is 4. The Kier molecular flexibility index (Phi) is 5.38. The maximum Gasteiger partial charge on any atom is 0.240 e. The van der Waals surface area contributed by atoms with Crippen LogP contribution in [0.15, 0.2) is 47.4 Å². The minimum absolute atomic E-state index is 0.0403. The van der Waals surface area contributed by atoms with E-state index in [1.165, 1.54) is 31.2 Å². The Balaban J connectivity index is 1.73. The molecule has 0 aliphatic carbocycles. The molecule has 0 atom stereocenters. The van der Waals surface area contributed by atoms with Crippen molar-refractivity contribution in [1.29, 1.82) is 0 Å². The number of benzene rings is 2. The number of nitrogens with one attached hydrogen (secondary N) is 1. The minimum Gasteiger partial charge on any atom is -0.338 e. The van der Waals surface area contributed by atoms with E-state index in [9.17, 15) is 22.4 Å². The summed E-state index contributed by atoms with van der Waals surface area (Å²) in [6, 6.07) is 9.67. The zero-order chi connectivity index (χ0) is 19.6. The number of ketones is 1. The lowest BCUT2D eigenvalue weighted by Crippen LogP contribution is -2.34. The van der Waals surface area contributed by atoms with E-state index in [-0.39, 0.29) is 16.4 Å². The second-order valence-corrected chi connectivity index (χ2v) is 8.14. The first-order valence-electron chi connectivity index (χ1n) is 8.42. The summed E-state index contributed by atoms with van der Waals surface area (Å²) in [7, 11) is -3.89. The molecule has 0 aromatic heterocycles. The van der Waals surface area contributed by atoms with Crippen LogP contribution in [0, 0.1) is 5.82 Å². The third kappa shape index (κ3) is 4.40. The average molecular weight is 390 g/mol. The van der Waals surface area contributed by atoms with Gasteiger partial charge in [0, 0.05) is 25.6 Å². The van der Waals surface area contributed by atoms with Crippen LogP contribution in [0.2, 0.25) is 0 Å². The number of rotatable bonds is 5. The van der Waals surface area contributed by atoms with Crippen molar-refractivity contribution in [3.63, 3.8) is 0 Å². The summed E-state index contributed by atoms with van der Waals surface area (Å²) >= 11 is 0. The standard InChI is InChI=1S/C19H19FN2O4S/c1-13(23)22-9-8-14-4-7-18(10-16(14)12-22)27(25,26)21-11-19(24)15-2-5-17(20)6-3-15/h2-7,10,21H,8-9,11-12H2,1H3. The van der Waals surface area contributed by atoms with Crippen LogP contribution in [0.1, 0.15) is 28.4 Å². The van der Waals surface area contributed by atoms with E-state index in [0.717, 1.165) is 23.3 Å². The van der Waals surface area contributed by atoms with Gasteiger partial charge in [-0.15, -0.1) is 0 Å². The molecule has 0 saturated carbocycles. The van der Waals surface area contributed by atoms with Crippen LogP contribution in [-0.4, -0.2) is 38.1 Å². The molecular formula is C19H19FN2O4S. The number of sulfonamides is 1. The number of carbonyl (C=O) groups is 2. The summed E-state index contributed by atoms with van der Waals surface area (Å²) in [4.78, 5) is 25.3. The zero-order valence-corrected chi connectivity index (χ0v) is 15.6. The van der Waals surface area contributed by atoms with Gasteiger partial charge in [-0.3, -0.25) is 9.59 Å². The van der Waals surface area contributed by atoms with Crippen molar-refractivity contribution in [3.8, 4) is 0 Å². The average Bonchev–Trinajstić information content (AvgIpc) is 2.65. The third-order valence-corrected chi connectivity index (χ3v) is 5.93. The SMILES string of the molecule is CC(=O)N1CCc2ccc(S(=O)(=O)NCC(=O)c3ccc(F)cc3)cc2C1. The number of Topliss-reactive ketones (excluding diaryl/α,β-unsaturated/α-hetero) is 1. The third-order valence-electron chi connectivity index (χ3n) is 4.53. The van der Waals surface area contributed by atoms with Crippen molar-refractivity contribution in [2.75, 3.05) is 13.1 Å². The van der Waals surface area contributed by atoms with E-state index < -0.39 is 28.2 Å². The lowest BCUT2D eigenvalue weighted by atomic mass is 10.00. The van der Waals surface area contributed by atoms with Gasteiger partial charge in [0.15, 0.2) is 5.78 Å². The lowest BCUT2D eigenvalue weighted by molar-refractivity contribution is -0.129. The Morgan fingerprint density at radius 3 is 2.48 bits per heavy atom. The lowest BCUT2D eigenvalue weighted by Gasteiger charge is -2.28. The fourth-order valence-corrected chi connectivity index (χ4v) is 3.98. The fourth-order valence-electron chi connectivity index (χ4n) is 2.95. The highest BCUT2D eigenvalue weighted by atomic mass is 32.2. The predicted molar refractivity (Wildman–Crippen MR) is 97.2 cm³/mol. The minimum atomic E-state index is -3.89. The van der Waals surface area contributed by atoms with Gasteiger partial charge in [-0.1, -0.05) is 6.07 Å². The van der Waals surface area contributed by atoms with E-state index in [1.807, 2.05) is 0 Å². The van der Waals surface area contributed by atoms with Crippen LogP contribution in [0.25, 0.3) is 0 Å². The highest BCUT2D eigenvalue weighted by Crippen LogP contribution is 2.22. The van der Waals surface area contributed by atoms with Crippen molar-refractivity contribution in [1.82, 2.24) is 9.62 Å². The zero-order valence-electron chi connectivity index (χ0n) is 14.7. The molecular weight excluding hydrogens is 371 g/mol. The van der Waals surface area contributed by atoms with Crippen LogP contribution in [0.5, 0.6) is 0 Å². The maximum absolute atomic E-state index is 12.9. The van der Waals surface area contributed by atoms with E-state index in [4.69, 9.17) is 0 Å². The molecule has 1 aliphatic heterocycles. The van der Waals surface area contributed by atoms with E-state index in [0.29, 0.717) is 19.5 Å². The van der Waals surface area contributed by atoms with Gasteiger partial charge < -0.3 is 4.90 Å². The molecule has 0 spiro atoms. The Morgan fingerprint density at radius 1 is 1.11 bits per heavy atom. The predicted octanol–water partition coefficient (Wildman–Crippen LogP) is 1.89. The van der Waals surface area contributed by atoms with Gasteiger partial charge >= 0.3 is 0 Å². The van der Waals surface area contributed by atoms with Crippen LogP contribution in [0.4, 0.5) is 4.39 Å². The Bertz CT molecular complexity index is 987. The number of hydrogen-bond donors (Lipinski definition) is 1. The van der Waals surface area contributed by atoms with Gasteiger partial charge in [0.1, 0.15) is 5.82 Å². The Morgan fingerprint density at radius 2 is 1.81 bits per heavy atom. The molecule has 1 aliphatic rings. The first kappa shape index (κ1) is 19.2. The molecule has 0 unspecified atom stereocenters. The van der Waals surface area contributed by atoms with Gasteiger partial charge in [0.2, 0.25) is 15.9 Å². The largest absolute Gasteiger partial charge is 0.338 e. The molecule has 142 valence electrons. The highest BCUT2D eigenvalue weighted by Gasteiger charge is 2.22. The number of fused-ring (bicyclic) bond motifs is 1. The molecule has 0 radical (unpaired) electrons. The van der Waals surface area contributed by atoms with Gasteiger partial charge in [-0.2, -0.15) is 0 Å². The molecule has 1 amide bonds. The summed E-state index contributed by atoms with van der Waals surface area (Å²) in [5.41, 5.74) is 2.01. The first-order chi connectivity index (χ1) is 12.8. The molecule has 2 aromatic carbocycles. The maximum atomic E-state index is 12.9. The summed E-state index contributed by atoms with van der Waals surface area (Å²) in [6.07, 6.45) is 0.672. The summed E-state index contributed by atoms with van der Waals surface area (Å²) < 4.78 is 40.2. The molecule has 6 nitrogen and oxygen atoms in total. The normalized spacial score (nSPS) is 13.9. The van der Waals surface area contributed by atoms with Gasteiger partial charge in [-0.25, -0.2) is 17.5 Å². The second kappa shape index (κ2) is 7.58. The van der Waals surface area contributed by atoms with E-state index >= 15 is 0 Å². The molecule has 2 aromatic rings.